The first-order valence-corrected chi connectivity index (χ1v) is 10.1. The third-order valence-electron chi connectivity index (χ3n) is 4.94. The average molecular weight is 415 g/mol. The fourth-order valence-corrected chi connectivity index (χ4v) is 4.19. The predicted molar refractivity (Wildman–Crippen MR) is 111 cm³/mol. The van der Waals surface area contributed by atoms with E-state index in [1.165, 1.54) is 24.1 Å². The number of aromatic nitrogens is 3. The van der Waals surface area contributed by atoms with Gasteiger partial charge in [-0.05, 0) is 56.0 Å². The summed E-state index contributed by atoms with van der Waals surface area (Å²) in [5.41, 5.74) is 5.18. The van der Waals surface area contributed by atoms with Gasteiger partial charge in [0.2, 0.25) is 0 Å². The topological polar surface area (TPSA) is 59.8 Å². The van der Waals surface area contributed by atoms with Gasteiger partial charge in [-0.3, -0.25) is 14.5 Å². The van der Waals surface area contributed by atoms with E-state index in [9.17, 15) is 4.79 Å². The summed E-state index contributed by atoms with van der Waals surface area (Å²) >= 11 is 12.0. The van der Waals surface area contributed by atoms with E-state index in [2.05, 4.69) is 10.3 Å². The average Bonchev–Trinajstić information content (AvgIpc) is 3.07. The number of fused-ring (bicyclic) bond motifs is 1. The molecule has 0 unspecified atom stereocenters. The molecule has 0 aliphatic heterocycles. The van der Waals surface area contributed by atoms with Crippen LogP contribution < -0.4 is 5.32 Å². The lowest BCUT2D eigenvalue weighted by Gasteiger charge is -2.14. The fraction of sp³-hybridized carbons (Fsp3) is 0.286. The van der Waals surface area contributed by atoms with E-state index in [0.29, 0.717) is 28.7 Å². The quantitative estimate of drug-likeness (QED) is 0.665. The molecule has 1 aliphatic rings. The van der Waals surface area contributed by atoms with Crippen molar-refractivity contribution in [2.75, 3.05) is 6.54 Å². The van der Waals surface area contributed by atoms with Crippen LogP contribution in [-0.2, 0) is 19.4 Å². The van der Waals surface area contributed by atoms with E-state index in [1.54, 1.807) is 30.6 Å². The van der Waals surface area contributed by atoms with Crippen molar-refractivity contribution in [3.63, 3.8) is 0 Å². The van der Waals surface area contributed by atoms with E-state index < -0.39 is 0 Å². The largest absolute Gasteiger partial charge is 0.350 e. The van der Waals surface area contributed by atoms with Crippen LogP contribution in [-0.4, -0.2) is 27.2 Å². The minimum atomic E-state index is -0.195. The van der Waals surface area contributed by atoms with Crippen LogP contribution in [0.2, 0.25) is 10.0 Å². The second kappa shape index (κ2) is 8.33. The predicted octanol–water partition coefficient (Wildman–Crippen LogP) is 4.56. The monoisotopic (exact) mass is 414 g/mol. The van der Waals surface area contributed by atoms with Crippen molar-refractivity contribution >= 4 is 29.1 Å². The van der Waals surface area contributed by atoms with Gasteiger partial charge in [0, 0.05) is 51.4 Å². The molecule has 2 aromatic heterocycles. The molecule has 5 nitrogen and oxygen atoms in total. The Morgan fingerprint density at radius 1 is 1.07 bits per heavy atom. The molecule has 0 bridgehead atoms. The highest BCUT2D eigenvalue weighted by Gasteiger charge is 2.21. The van der Waals surface area contributed by atoms with Gasteiger partial charge in [-0.1, -0.05) is 23.2 Å². The molecule has 0 saturated carbocycles. The normalized spacial score (nSPS) is 13.2. The molecule has 0 spiro atoms. The molecule has 3 aromatic rings. The van der Waals surface area contributed by atoms with Crippen LogP contribution in [0.5, 0.6) is 0 Å². The summed E-state index contributed by atoms with van der Waals surface area (Å²) < 4.78 is 2.04. The minimum Gasteiger partial charge on any atom is -0.350 e. The number of amides is 1. The highest BCUT2D eigenvalue weighted by Crippen LogP contribution is 2.30. The van der Waals surface area contributed by atoms with Crippen LogP contribution in [0.3, 0.4) is 0 Å². The number of pyridine rings is 1. The van der Waals surface area contributed by atoms with E-state index in [1.807, 2.05) is 16.8 Å². The van der Waals surface area contributed by atoms with Crippen molar-refractivity contribution in [3.05, 3.63) is 69.6 Å². The highest BCUT2D eigenvalue weighted by atomic mass is 35.5. The van der Waals surface area contributed by atoms with Gasteiger partial charge in [0.1, 0.15) is 0 Å². The van der Waals surface area contributed by atoms with E-state index in [4.69, 9.17) is 28.3 Å². The molecule has 0 radical (unpaired) electrons. The Labute approximate surface area is 173 Å². The standard InChI is InChI=1S/C21H20Cl2N4O/c22-16-11-15(12-17(23)13-16)21(28)25-9-10-27-19-4-2-1-3-18(19)20(26-27)14-5-7-24-8-6-14/h5-8,11-13H,1-4,9-10H2,(H,25,28). The Bertz CT molecular complexity index is 981. The summed E-state index contributed by atoms with van der Waals surface area (Å²) in [5.74, 6) is -0.195. The van der Waals surface area contributed by atoms with Crippen molar-refractivity contribution in [2.24, 2.45) is 0 Å². The minimum absolute atomic E-state index is 0.195. The number of carbonyl (C=O) groups is 1. The van der Waals surface area contributed by atoms with E-state index >= 15 is 0 Å². The second-order valence-electron chi connectivity index (χ2n) is 6.85. The van der Waals surface area contributed by atoms with Crippen LogP contribution in [0.1, 0.15) is 34.5 Å². The van der Waals surface area contributed by atoms with Gasteiger partial charge in [0.05, 0.1) is 12.2 Å². The lowest BCUT2D eigenvalue weighted by molar-refractivity contribution is 0.0952. The van der Waals surface area contributed by atoms with Gasteiger partial charge in [0.15, 0.2) is 0 Å². The molecule has 1 amide bonds. The SMILES string of the molecule is O=C(NCCn1nc(-c2ccncc2)c2c1CCCC2)c1cc(Cl)cc(Cl)c1. The number of rotatable bonds is 5. The van der Waals surface area contributed by atoms with Gasteiger partial charge < -0.3 is 5.32 Å². The van der Waals surface area contributed by atoms with E-state index in [0.717, 1.165) is 24.1 Å². The smallest absolute Gasteiger partial charge is 0.251 e. The van der Waals surface area contributed by atoms with Crippen molar-refractivity contribution in [2.45, 2.75) is 32.2 Å². The molecular weight excluding hydrogens is 395 g/mol. The number of benzene rings is 1. The maximum atomic E-state index is 12.4. The Kier molecular flexibility index (Phi) is 5.64. The Balaban J connectivity index is 1.49. The van der Waals surface area contributed by atoms with Gasteiger partial charge in [-0.15, -0.1) is 0 Å². The zero-order chi connectivity index (χ0) is 19.5. The molecule has 144 valence electrons. The summed E-state index contributed by atoms with van der Waals surface area (Å²) in [6.07, 6.45) is 8.00. The summed E-state index contributed by atoms with van der Waals surface area (Å²) in [5, 5.41) is 8.68. The lowest BCUT2D eigenvalue weighted by Crippen LogP contribution is -2.28. The Morgan fingerprint density at radius 2 is 1.79 bits per heavy atom. The number of nitrogens with one attached hydrogen (secondary N) is 1. The van der Waals surface area contributed by atoms with Crippen molar-refractivity contribution in [1.82, 2.24) is 20.1 Å². The number of halogens is 2. The number of hydrogen-bond acceptors (Lipinski definition) is 3. The van der Waals surface area contributed by atoms with Crippen LogP contribution in [0.15, 0.2) is 42.7 Å². The van der Waals surface area contributed by atoms with Crippen molar-refractivity contribution < 1.29 is 4.79 Å². The third-order valence-corrected chi connectivity index (χ3v) is 5.38. The summed E-state index contributed by atoms with van der Waals surface area (Å²) in [6.45, 7) is 1.10. The first-order valence-electron chi connectivity index (χ1n) is 9.35. The van der Waals surface area contributed by atoms with Gasteiger partial charge in [-0.2, -0.15) is 5.10 Å². The van der Waals surface area contributed by atoms with Crippen molar-refractivity contribution in [3.8, 4) is 11.3 Å². The maximum absolute atomic E-state index is 12.4. The molecule has 0 saturated heterocycles. The van der Waals surface area contributed by atoms with Gasteiger partial charge in [-0.25, -0.2) is 0 Å². The molecule has 1 N–H and O–H groups in total. The molecule has 1 aliphatic carbocycles. The third kappa shape index (κ3) is 4.05. The molecule has 28 heavy (non-hydrogen) atoms. The van der Waals surface area contributed by atoms with Crippen LogP contribution in [0.25, 0.3) is 11.3 Å². The van der Waals surface area contributed by atoms with Crippen LogP contribution >= 0.6 is 23.2 Å². The lowest BCUT2D eigenvalue weighted by atomic mass is 9.94. The van der Waals surface area contributed by atoms with Crippen LogP contribution in [0.4, 0.5) is 0 Å². The molecule has 0 atom stereocenters. The Morgan fingerprint density at radius 3 is 2.54 bits per heavy atom. The van der Waals surface area contributed by atoms with Crippen LogP contribution in [0, 0.1) is 0 Å². The molecule has 1 aromatic carbocycles. The summed E-state index contributed by atoms with van der Waals surface area (Å²) in [6, 6.07) is 8.81. The molecule has 0 fully saturated rings. The van der Waals surface area contributed by atoms with Crippen molar-refractivity contribution in [1.29, 1.82) is 0 Å². The maximum Gasteiger partial charge on any atom is 0.251 e. The zero-order valence-electron chi connectivity index (χ0n) is 15.3. The van der Waals surface area contributed by atoms with Gasteiger partial charge in [0.25, 0.3) is 5.91 Å². The molecular formula is C21H20Cl2N4O. The highest BCUT2D eigenvalue weighted by molar-refractivity contribution is 6.35. The zero-order valence-corrected chi connectivity index (χ0v) is 16.8. The first-order chi connectivity index (χ1) is 13.6. The molecule has 7 heteroatoms. The first kappa shape index (κ1) is 19.0. The summed E-state index contributed by atoms with van der Waals surface area (Å²) in [7, 11) is 0. The van der Waals surface area contributed by atoms with Gasteiger partial charge >= 0.3 is 0 Å². The van der Waals surface area contributed by atoms with E-state index in [-0.39, 0.29) is 5.91 Å². The fourth-order valence-electron chi connectivity index (χ4n) is 3.66. The molecule has 2 heterocycles. The number of nitrogens with zero attached hydrogens (tertiary/aromatic N) is 3. The Hall–Kier alpha value is -2.37. The number of hydrogen-bond donors (Lipinski definition) is 1. The second-order valence-corrected chi connectivity index (χ2v) is 7.73. The molecule has 4 rings (SSSR count). The number of carbonyl (C=O) groups excluding carboxylic acids is 1. The summed E-state index contributed by atoms with van der Waals surface area (Å²) in [4.78, 5) is 16.5.